The highest BCUT2D eigenvalue weighted by Crippen LogP contribution is 2.17. The van der Waals surface area contributed by atoms with Gasteiger partial charge in [-0.25, -0.2) is 0 Å². The predicted octanol–water partition coefficient (Wildman–Crippen LogP) is 1.23. The maximum absolute atomic E-state index is 12.0. The van der Waals surface area contributed by atoms with Gasteiger partial charge in [0.25, 0.3) is 0 Å². The fourth-order valence-corrected chi connectivity index (χ4v) is 2.60. The minimum Gasteiger partial charge on any atom is -0.397 e. The zero-order valence-electron chi connectivity index (χ0n) is 12.3. The largest absolute Gasteiger partial charge is 0.397 e. The maximum atomic E-state index is 12.0. The van der Waals surface area contributed by atoms with Gasteiger partial charge in [-0.1, -0.05) is 12.1 Å². The number of hydrogen-bond acceptors (Lipinski definition) is 4. The van der Waals surface area contributed by atoms with Crippen LogP contribution in [0.4, 0.5) is 11.4 Å². The first-order chi connectivity index (χ1) is 9.56. The summed E-state index contributed by atoms with van der Waals surface area (Å²) in [4.78, 5) is 16.5. The smallest absolute Gasteiger partial charge is 0.238 e. The molecule has 5 heteroatoms. The van der Waals surface area contributed by atoms with Crippen LogP contribution < -0.4 is 11.1 Å². The summed E-state index contributed by atoms with van der Waals surface area (Å²) in [6, 6.07) is 7.98. The Morgan fingerprint density at radius 2 is 2.00 bits per heavy atom. The van der Waals surface area contributed by atoms with Crippen molar-refractivity contribution in [2.45, 2.75) is 18.9 Å². The Kier molecular flexibility index (Phi) is 4.98. The first kappa shape index (κ1) is 14.8. The molecule has 3 N–H and O–H groups in total. The molecule has 1 fully saturated rings. The molecule has 1 aromatic rings. The zero-order chi connectivity index (χ0) is 14.5. The monoisotopic (exact) mass is 276 g/mol. The number of nitrogens with one attached hydrogen (secondary N) is 1. The van der Waals surface area contributed by atoms with Crippen LogP contribution in [-0.2, 0) is 4.79 Å². The fourth-order valence-electron chi connectivity index (χ4n) is 2.60. The third-order valence-corrected chi connectivity index (χ3v) is 3.89. The molecule has 0 atom stereocenters. The second-order valence-corrected chi connectivity index (χ2v) is 5.61. The van der Waals surface area contributed by atoms with Crippen molar-refractivity contribution in [1.29, 1.82) is 0 Å². The second-order valence-electron chi connectivity index (χ2n) is 5.61. The van der Waals surface area contributed by atoms with Gasteiger partial charge in [0.1, 0.15) is 0 Å². The number of rotatable bonds is 4. The summed E-state index contributed by atoms with van der Waals surface area (Å²) in [7, 11) is 4.23. The fraction of sp³-hybridized carbons (Fsp3) is 0.533. The molecule has 5 nitrogen and oxygen atoms in total. The van der Waals surface area contributed by atoms with Gasteiger partial charge in [-0.15, -0.1) is 0 Å². The number of carbonyl (C=O) groups is 1. The van der Waals surface area contributed by atoms with Crippen LogP contribution in [0.25, 0.3) is 0 Å². The van der Waals surface area contributed by atoms with E-state index in [1.807, 2.05) is 18.2 Å². The van der Waals surface area contributed by atoms with E-state index in [1.54, 1.807) is 6.07 Å². The van der Waals surface area contributed by atoms with E-state index in [0.29, 0.717) is 24.0 Å². The quantitative estimate of drug-likeness (QED) is 0.812. The van der Waals surface area contributed by atoms with Crippen LogP contribution in [0, 0.1) is 0 Å². The number of hydrogen-bond donors (Lipinski definition) is 2. The highest BCUT2D eigenvalue weighted by atomic mass is 16.2. The minimum absolute atomic E-state index is 0.00574. The standard InChI is InChI=1S/C15H24N4O/c1-18(2)12-7-9-19(10-8-12)11-15(20)17-14-6-4-3-5-13(14)16/h3-6,12H,7-11,16H2,1-2H3,(H,17,20). The summed E-state index contributed by atoms with van der Waals surface area (Å²) in [5.74, 6) is 0.00574. The number of nitrogens with two attached hydrogens (primary N) is 1. The van der Waals surface area contributed by atoms with Crippen molar-refractivity contribution in [2.75, 3.05) is 44.8 Å². The Labute approximate surface area is 120 Å². The number of anilines is 2. The molecule has 0 radical (unpaired) electrons. The number of benzene rings is 1. The van der Waals surface area contributed by atoms with Crippen LogP contribution in [-0.4, -0.2) is 55.5 Å². The first-order valence-corrected chi connectivity index (χ1v) is 7.09. The molecule has 1 heterocycles. The lowest BCUT2D eigenvalue weighted by Gasteiger charge is -2.34. The van der Waals surface area contributed by atoms with E-state index in [-0.39, 0.29) is 5.91 Å². The van der Waals surface area contributed by atoms with Crippen molar-refractivity contribution < 1.29 is 4.79 Å². The molecule has 110 valence electrons. The summed E-state index contributed by atoms with van der Waals surface area (Å²) in [6.45, 7) is 2.38. The SMILES string of the molecule is CN(C)C1CCN(CC(=O)Nc2ccccc2N)CC1. The molecule has 0 aromatic heterocycles. The van der Waals surface area contributed by atoms with E-state index in [4.69, 9.17) is 5.73 Å². The van der Waals surface area contributed by atoms with Crippen molar-refractivity contribution in [3.63, 3.8) is 0 Å². The number of para-hydroxylation sites is 2. The summed E-state index contributed by atoms with van der Waals surface area (Å²) >= 11 is 0. The Morgan fingerprint density at radius 1 is 1.35 bits per heavy atom. The van der Waals surface area contributed by atoms with Gasteiger partial charge in [0.15, 0.2) is 0 Å². The Hall–Kier alpha value is -1.59. The van der Waals surface area contributed by atoms with Crippen molar-refractivity contribution in [2.24, 2.45) is 0 Å². The topological polar surface area (TPSA) is 61.6 Å². The molecule has 0 spiro atoms. The zero-order valence-corrected chi connectivity index (χ0v) is 12.3. The van der Waals surface area contributed by atoms with Gasteiger partial charge in [-0.05, 0) is 39.1 Å². The highest BCUT2D eigenvalue weighted by Gasteiger charge is 2.21. The van der Waals surface area contributed by atoms with Crippen molar-refractivity contribution in [3.05, 3.63) is 24.3 Å². The van der Waals surface area contributed by atoms with Gasteiger partial charge in [0.05, 0.1) is 17.9 Å². The number of piperidine rings is 1. The van der Waals surface area contributed by atoms with Gasteiger partial charge in [0.2, 0.25) is 5.91 Å². The Balaban J connectivity index is 1.80. The van der Waals surface area contributed by atoms with E-state index in [0.717, 1.165) is 25.9 Å². The summed E-state index contributed by atoms with van der Waals surface area (Å²) < 4.78 is 0. The normalized spacial score (nSPS) is 17.4. The molecule has 1 aliphatic rings. The molecule has 1 saturated heterocycles. The van der Waals surface area contributed by atoms with E-state index >= 15 is 0 Å². The Morgan fingerprint density at radius 3 is 2.60 bits per heavy atom. The molecular formula is C15H24N4O. The van der Waals surface area contributed by atoms with Gasteiger partial charge >= 0.3 is 0 Å². The molecular weight excluding hydrogens is 252 g/mol. The van der Waals surface area contributed by atoms with Crippen LogP contribution >= 0.6 is 0 Å². The van der Waals surface area contributed by atoms with Crippen LogP contribution in [0.5, 0.6) is 0 Å². The lowest BCUT2D eigenvalue weighted by Crippen LogP contribution is -2.44. The lowest BCUT2D eigenvalue weighted by atomic mass is 10.0. The molecule has 1 aliphatic heterocycles. The van der Waals surface area contributed by atoms with Crippen LogP contribution in [0.15, 0.2) is 24.3 Å². The van der Waals surface area contributed by atoms with Crippen molar-refractivity contribution in [3.8, 4) is 0 Å². The van der Waals surface area contributed by atoms with Crippen LogP contribution in [0.2, 0.25) is 0 Å². The Bertz CT molecular complexity index is 453. The summed E-state index contributed by atoms with van der Waals surface area (Å²) in [5, 5.41) is 2.88. The first-order valence-electron chi connectivity index (χ1n) is 7.09. The lowest BCUT2D eigenvalue weighted by molar-refractivity contribution is -0.117. The van der Waals surface area contributed by atoms with E-state index < -0.39 is 0 Å². The number of carbonyl (C=O) groups excluding carboxylic acids is 1. The number of nitrogen functional groups attached to an aromatic ring is 1. The second kappa shape index (κ2) is 6.72. The van der Waals surface area contributed by atoms with E-state index in [1.165, 1.54) is 0 Å². The van der Waals surface area contributed by atoms with Gasteiger partial charge in [-0.3, -0.25) is 9.69 Å². The molecule has 20 heavy (non-hydrogen) atoms. The summed E-state index contributed by atoms with van der Waals surface area (Å²) in [6.07, 6.45) is 2.24. The molecule has 1 aromatic carbocycles. The van der Waals surface area contributed by atoms with E-state index in [9.17, 15) is 4.79 Å². The molecule has 0 saturated carbocycles. The van der Waals surface area contributed by atoms with Crippen LogP contribution in [0.1, 0.15) is 12.8 Å². The minimum atomic E-state index is 0.00574. The molecule has 1 amide bonds. The average molecular weight is 276 g/mol. The van der Waals surface area contributed by atoms with Gasteiger partial charge in [-0.2, -0.15) is 0 Å². The van der Waals surface area contributed by atoms with Gasteiger partial charge < -0.3 is 16.0 Å². The number of likely N-dealkylation sites (tertiary alicyclic amines) is 1. The number of amides is 1. The third kappa shape index (κ3) is 3.95. The third-order valence-electron chi connectivity index (χ3n) is 3.89. The maximum Gasteiger partial charge on any atom is 0.238 e. The predicted molar refractivity (Wildman–Crippen MR) is 82.6 cm³/mol. The van der Waals surface area contributed by atoms with Gasteiger partial charge in [0, 0.05) is 19.1 Å². The highest BCUT2D eigenvalue weighted by molar-refractivity contribution is 5.95. The molecule has 2 rings (SSSR count). The van der Waals surface area contributed by atoms with E-state index in [2.05, 4.69) is 29.2 Å². The molecule has 0 unspecified atom stereocenters. The summed E-state index contributed by atoms with van der Waals surface area (Å²) in [5.41, 5.74) is 7.12. The van der Waals surface area contributed by atoms with Crippen LogP contribution in [0.3, 0.4) is 0 Å². The number of nitrogens with zero attached hydrogens (tertiary/aromatic N) is 2. The molecule has 0 bridgehead atoms. The average Bonchev–Trinajstić information content (AvgIpc) is 2.42. The molecule has 0 aliphatic carbocycles. The van der Waals surface area contributed by atoms with Crippen molar-refractivity contribution >= 4 is 17.3 Å². The van der Waals surface area contributed by atoms with Crippen molar-refractivity contribution in [1.82, 2.24) is 9.80 Å².